The number of ether oxygens (including phenoxy) is 2. The summed E-state index contributed by atoms with van der Waals surface area (Å²) in [6.45, 7) is 5.90. The lowest BCUT2D eigenvalue weighted by molar-refractivity contribution is 0.394. The van der Waals surface area contributed by atoms with Crippen LogP contribution in [0.5, 0.6) is 11.5 Å². The van der Waals surface area contributed by atoms with Crippen molar-refractivity contribution in [3.8, 4) is 11.5 Å². The summed E-state index contributed by atoms with van der Waals surface area (Å²) in [5.41, 5.74) is 1.06. The van der Waals surface area contributed by atoms with Crippen LogP contribution < -0.4 is 20.1 Å². The van der Waals surface area contributed by atoms with Gasteiger partial charge in [0, 0.05) is 18.7 Å². The Morgan fingerprint density at radius 1 is 1.29 bits per heavy atom. The molecule has 1 aromatic rings. The largest absolute Gasteiger partial charge is 0.497 e. The van der Waals surface area contributed by atoms with E-state index in [4.69, 9.17) is 9.47 Å². The van der Waals surface area contributed by atoms with Gasteiger partial charge in [0.15, 0.2) is 5.96 Å². The standard InChI is InChI=1S/C18H29N3O2.HI/c1-5-19-18(20-11-10-14-6-7-14)21-13(2)16-12-15(22-3)8-9-17(16)23-4;/h8-9,12-14H,5-7,10-11H2,1-4H3,(H2,19,20,21);1H. The normalized spacial score (nSPS) is 15.2. The summed E-state index contributed by atoms with van der Waals surface area (Å²) in [7, 11) is 3.36. The molecular weight excluding hydrogens is 417 g/mol. The van der Waals surface area contributed by atoms with Gasteiger partial charge in [-0.15, -0.1) is 24.0 Å². The summed E-state index contributed by atoms with van der Waals surface area (Å²) in [6.07, 6.45) is 3.93. The highest BCUT2D eigenvalue weighted by Gasteiger charge is 2.20. The van der Waals surface area contributed by atoms with Crippen LogP contribution in [0.25, 0.3) is 0 Å². The van der Waals surface area contributed by atoms with E-state index in [0.717, 1.165) is 42.0 Å². The fourth-order valence-electron chi connectivity index (χ4n) is 2.55. The molecule has 0 spiro atoms. The summed E-state index contributed by atoms with van der Waals surface area (Å²) in [4.78, 5) is 4.68. The molecule has 2 N–H and O–H groups in total. The quantitative estimate of drug-likeness (QED) is 0.362. The maximum Gasteiger partial charge on any atom is 0.191 e. The van der Waals surface area contributed by atoms with Crippen LogP contribution in [0.15, 0.2) is 23.2 Å². The van der Waals surface area contributed by atoms with Crippen LogP contribution >= 0.6 is 24.0 Å². The van der Waals surface area contributed by atoms with Crippen LogP contribution in [0.1, 0.15) is 44.7 Å². The Labute approximate surface area is 162 Å². The van der Waals surface area contributed by atoms with Gasteiger partial charge < -0.3 is 20.1 Å². The maximum atomic E-state index is 5.47. The topological polar surface area (TPSA) is 54.9 Å². The molecule has 1 aliphatic rings. The number of methoxy groups -OCH3 is 2. The van der Waals surface area contributed by atoms with Crippen molar-refractivity contribution in [1.29, 1.82) is 0 Å². The minimum absolute atomic E-state index is 0. The lowest BCUT2D eigenvalue weighted by atomic mass is 10.1. The molecule has 0 radical (unpaired) electrons. The van der Waals surface area contributed by atoms with Crippen molar-refractivity contribution in [3.05, 3.63) is 23.8 Å². The second kappa shape index (κ2) is 10.6. The molecule has 1 unspecified atom stereocenters. The van der Waals surface area contributed by atoms with Crippen molar-refractivity contribution < 1.29 is 9.47 Å². The highest BCUT2D eigenvalue weighted by molar-refractivity contribution is 14.0. The van der Waals surface area contributed by atoms with Crippen molar-refractivity contribution in [2.75, 3.05) is 27.3 Å². The molecule has 1 aromatic carbocycles. The fraction of sp³-hybridized carbons (Fsp3) is 0.611. The molecule has 6 heteroatoms. The maximum absolute atomic E-state index is 5.47. The molecule has 0 bridgehead atoms. The highest BCUT2D eigenvalue weighted by atomic mass is 127. The Bertz CT molecular complexity index is 533. The summed E-state index contributed by atoms with van der Waals surface area (Å²) in [6, 6.07) is 5.91. The van der Waals surface area contributed by atoms with Gasteiger partial charge in [-0.25, -0.2) is 0 Å². The number of halogens is 1. The van der Waals surface area contributed by atoms with Crippen LogP contribution in [0, 0.1) is 5.92 Å². The summed E-state index contributed by atoms with van der Waals surface area (Å²) >= 11 is 0. The zero-order valence-corrected chi connectivity index (χ0v) is 17.4. The molecule has 136 valence electrons. The van der Waals surface area contributed by atoms with Crippen LogP contribution in [0.4, 0.5) is 0 Å². The monoisotopic (exact) mass is 447 g/mol. The van der Waals surface area contributed by atoms with Crippen LogP contribution in [-0.4, -0.2) is 33.3 Å². The smallest absolute Gasteiger partial charge is 0.191 e. The summed E-state index contributed by atoms with van der Waals surface area (Å²) in [5, 5.41) is 6.77. The van der Waals surface area contributed by atoms with E-state index in [9.17, 15) is 0 Å². The summed E-state index contributed by atoms with van der Waals surface area (Å²) < 4.78 is 10.8. The zero-order chi connectivity index (χ0) is 16.7. The van der Waals surface area contributed by atoms with Gasteiger partial charge in [0.05, 0.1) is 20.3 Å². The zero-order valence-electron chi connectivity index (χ0n) is 15.1. The molecule has 1 fully saturated rings. The Morgan fingerprint density at radius 2 is 2.04 bits per heavy atom. The number of hydrogen-bond acceptors (Lipinski definition) is 3. The van der Waals surface area contributed by atoms with Crippen molar-refractivity contribution in [3.63, 3.8) is 0 Å². The van der Waals surface area contributed by atoms with Gasteiger partial charge in [-0.05, 0) is 44.4 Å². The van der Waals surface area contributed by atoms with Gasteiger partial charge in [-0.2, -0.15) is 0 Å². The third kappa shape index (κ3) is 6.37. The van der Waals surface area contributed by atoms with E-state index >= 15 is 0 Å². The van der Waals surface area contributed by atoms with Crippen LogP contribution in [0.2, 0.25) is 0 Å². The van der Waals surface area contributed by atoms with E-state index in [1.807, 2.05) is 18.2 Å². The van der Waals surface area contributed by atoms with E-state index in [2.05, 4.69) is 29.5 Å². The second-order valence-electron chi connectivity index (χ2n) is 5.97. The van der Waals surface area contributed by atoms with Gasteiger partial charge in [0.25, 0.3) is 0 Å². The predicted molar refractivity (Wildman–Crippen MR) is 110 cm³/mol. The lowest BCUT2D eigenvalue weighted by Crippen LogP contribution is -2.39. The molecular formula is C18H30IN3O2. The average molecular weight is 447 g/mol. The molecule has 24 heavy (non-hydrogen) atoms. The lowest BCUT2D eigenvalue weighted by Gasteiger charge is -2.20. The first kappa shape index (κ1) is 20.9. The van der Waals surface area contributed by atoms with Crippen LogP contribution in [0.3, 0.4) is 0 Å². The van der Waals surface area contributed by atoms with E-state index in [1.54, 1.807) is 14.2 Å². The van der Waals surface area contributed by atoms with E-state index in [-0.39, 0.29) is 30.0 Å². The molecule has 0 aromatic heterocycles. The number of aliphatic imine (C=N–C) groups is 1. The minimum Gasteiger partial charge on any atom is -0.497 e. The van der Waals surface area contributed by atoms with Gasteiger partial charge in [0.1, 0.15) is 11.5 Å². The van der Waals surface area contributed by atoms with Crippen LogP contribution in [-0.2, 0) is 0 Å². The Balaban J connectivity index is 0.00000288. The molecule has 0 amide bonds. The molecule has 0 heterocycles. The molecule has 1 saturated carbocycles. The van der Waals surface area contributed by atoms with Gasteiger partial charge in [-0.1, -0.05) is 12.8 Å². The molecule has 1 aliphatic carbocycles. The van der Waals surface area contributed by atoms with Gasteiger partial charge in [-0.3, -0.25) is 4.99 Å². The van der Waals surface area contributed by atoms with E-state index in [0.29, 0.717) is 0 Å². The SMILES string of the molecule is CCNC(=NCCC1CC1)NC(C)c1cc(OC)ccc1OC.I. The minimum atomic E-state index is 0. The first-order chi connectivity index (χ1) is 11.2. The summed E-state index contributed by atoms with van der Waals surface area (Å²) in [5.74, 6) is 3.42. The number of benzene rings is 1. The van der Waals surface area contributed by atoms with Gasteiger partial charge in [0.2, 0.25) is 0 Å². The van der Waals surface area contributed by atoms with Crippen molar-refractivity contribution >= 4 is 29.9 Å². The van der Waals surface area contributed by atoms with Crippen molar-refractivity contribution in [2.24, 2.45) is 10.9 Å². The third-order valence-electron chi connectivity index (χ3n) is 4.11. The Hall–Kier alpha value is -1.18. The number of hydrogen-bond donors (Lipinski definition) is 2. The Kier molecular flexibility index (Phi) is 9.25. The Morgan fingerprint density at radius 3 is 2.62 bits per heavy atom. The first-order valence-electron chi connectivity index (χ1n) is 8.44. The number of nitrogens with one attached hydrogen (secondary N) is 2. The number of guanidine groups is 1. The molecule has 1 atom stereocenters. The van der Waals surface area contributed by atoms with Crippen molar-refractivity contribution in [1.82, 2.24) is 10.6 Å². The third-order valence-corrected chi connectivity index (χ3v) is 4.11. The van der Waals surface area contributed by atoms with E-state index in [1.165, 1.54) is 19.3 Å². The second-order valence-corrected chi connectivity index (χ2v) is 5.97. The average Bonchev–Trinajstić information content (AvgIpc) is 3.38. The fourth-order valence-corrected chi connectivity index (χ4v) is 2.55. The predicted octanol–water partition coefficient (Wildman–Crippen LogP) is 3.74. The number of rotatable bonds is 8. The number of nitrogens with zero attached hydrogens (tertiary/aromatic N) is 1. The highest BCUT2D eigenvalue weighted by Crippen LogP contribution is 2.32. The molecule has 2 rings (SSSR count). The first-order valence-corrected chi connectivity index (χ1v) is 8.44. The molecule has 0 aliphatic heterocycles. The van der Waals surface area contributed by atoms with Crippen molar-refractivity contribution in [2.45, 2.75) is 39.2 Å². The molecule has 5 nitrogen and oxygen atoms in total. The van der Waals surface area contributed by atoms with Gasteiger partial charge >= 0.3 is 0 Å². The molecule has 0 saturated heterocycles. The van der Waals surface area contributed by atoms with E-state index < -0.39 is 0 Å².